The predicted octanol–water partition coefficient (Wildman–Crippen LogP) is 2.55. The van der Waals surface area contributed by atoms with Gasteiger partial charge in [0, 0.05) is 11.3 Å². The van der Waals surface area contributed by atoms with Crippen LogP contribution in [0, 0.1) is 6.92 Å². The van der Waals surface area contributed by atoms with E-state index in [1.807, 2.05) is 49.4 Å². The number of aryl methyl sites for hydroxylation is 1. The van der Waals surface area contributed by atoms with E-state index in [0.29, 0.717) is 0 Å². The third kappa shape index (κ3) is 2.05. The number of hydrogen-bond donors (Lipinski definition) is 1. The highest BCUT2D eigenvalue weighted by atomic mass is 16.3. The Morgan fingerprint density at radius 1 is 1.07 bits per heavy atom. The molecule has 0 spiro atoms. The van der Waals surface area contributed by atoms with Gasteiger partial charge in [0.2, 0.25) is 0 Å². The molecule has 2 aromatic rings. The van der Waals surface area contributed by atoms with Crippen molar-refractivity contribution in [3.05, 3.63) is 53.7 Å². The van der Waals surface area contributed by atoms with Crippen molar-refractivity contribution in [1.29, 1.82) is 0 Å². The maximum atomic E-state index is 9.04. The molecule has 1 aromatic carbocycles. The molecule has 15 heavy (non-hydrogen) atoms. The molecule has 0 aliphatic rings. The van der Waals surface area contributed by atoms with E-state index < -0.39 is 0 Å². The van der Waals surface area contributed by atoms with Crippen LogP contribution < -0.4 is 0 Å². The maximum absolute atomic E-state index is 9.04. The molecule has 0 atom stereocenters. The molecule has 0 fully saturated rings. The normalized spacial score (nSPS) is 10.3. The Morgan fingerprint density at radius 3 is 2.40 bits per heavy atom. The summed E-state index contributed by atoms with van der Waals surface area (Å²) in [6, 6.07) is 13.9. The topological polar surface area (TPSA) is 33.1 Å². The Labute approximate surface area is 89.2 Å². The number of nitrogens with zero attached hydrogens (tertiary/aromatic N) is 1. The van der Waals surface area contributed by atoms with E-state index in [1.54, 1.807) is 0 Å². The van der Waals surface area contributed by atoms with Crippen LogP contribution >= 0.6 is 0 Å². The zero-order chi connectivity index (χ0) is 10.7. The lowest BCUT2D eigenvalue weighted by molar-refractivity contribution is 0.280. The SMILES string of the molecule is Cc1nc(-c2ccccc2)ccc1CO. The van der Waals surface area contributed by atoms with E-state index in [0.717, 1.165) is 22.5 Å². The van der Waals surface area contributed by atoms with Crippen molar-refractivity contribution >= 4 is 0 Å². The Balaban J connectivity index is 2.43. The van der Waals surface area contributed by atoms with Gasteiger partial charge in [0.1, 0.15) is 0 Å². The van der Waals surface area contributed by atoms with E-state index in [1.165, 1.54) is 0 Å². The zero-order valence-corrected chi connectivity index (χ0v) is 8.64. The lowest BCUT2D eigenvalue weighted by atomic mass is 10.1. The summed E-state index contributed by atoms with van der Waals surface area (Å²) in [6.45, 7) is 1.96. The van der Waals surface area contributed by atoms with Gasteiger partial charge in [0.15, 0.2) is 0 Å². The summed E-state index contributed by atoms with van der Waals surface area (Å²) >= 11 is 0. The lowest BCUT2D eigenvalue weighted by Crippen LogP contribution is -1.94. The molecule has 0 aliphatic carbocycles. The molecule has 1 N–H and O–H groups in total. The summed E-state index contributed by atoms with van der Waals surface area (Å²) in [5.74, 6) is 0. The summed E-state index contributed by atoms with van der Waals surface area (Å²) in [5.41, 5.74) is 3.82. The Hall–Kier alpha value is -1.67. The van der Waals surface area contributed by atoms with Crippen LogP contribution in [0.15, 0.2) is 42.5 Å². The molecule has 76 valence electrons. The fourth-order valence-corrected chi connectivity index (χ4v) is 1.53. The minimum Gasteiger partial charge on any atom is -0.392 e. The molecule has 2 heteroatoms. The summed E-state index contributed by atoms with van der Waals surface area (Å²) in [5, 5.41) is 9.04. The van der Waals surface area contributed by atoms with E-state index in [4.69, 9.17) is 5.11 Å². The van der Waals surface area contributed by atoms with Gasteiger partial charge in [-0.2, -0.15) is 0 Å². The first-order valence-electron chi connectivity index (χ1n) is 4.94. The highest BCUT2D eigenvalue weighted by Gasteiger charge is 2.02. The number of benzene rings is 1. The highest BCUT2D eigenvalue weighted by Crippen LogP contribution is 2.18. The fraction of sp³-hybridized carbons (Fsp3) is 0.154. The molecule has 0 radical (unpaired) electrons. The van der Waals surface area contributed by atoms with Crippen molar-refractivity contribution in [2.75, 3.05) is 0 Å². The average Bonchev–Trinajstić information content (AvgIpc) is 2.30. The maximum Gasteiger partial charge on any atom is 0.0705 e. The number of aliphatic hydroxyl groups excluding tert-OH is 1. The van der Waals surface area contributed by atoms with Crippen LogP contribution in [-0.2, 0) is 6.61 Å². The van der Waals surface area contributed by atoms with E-state index in [2.05, 4.69) is 4.98 Å². The molecule has 0 unspecified atom stereocenters. The van der Waals surface area contributed by atoms with E-state index in [-0.39, 0.29) is 6.61 Å². The first-order chi connectivity index (χ1) is 7.31. The Morgan fingerprint density at radius 2 is 1.80 bits per heavy atom. The summed E-state index contributed by atoms with van der Waals surface area (Å²) < 4.78 is 0. The monoisotopic (exact) mass is 199 g/mol. The van der Waals surface area contributed by atoms with Crippen molar-refractivity contribution in [3.8, 4) is 11.3 Å². The summed E-state index contributed by atoms with van der Waals surface area (Å²) in [7, 11) is 0. The van der Waals surface area contributed by atoms with Gasteiger partial charge in [0.05, 0.1) is 12.3 Å². The molecule has 0 aliphatic heterocycles. The average molecular weight is 199 g/mol. The quantitative estimate of drug-likeness (QED) is 0.806. The van der Waals surface area contributed by atoms with Gasteiger partial charge in [-0.3, -0.25) is 4.98 Å². The summed E-state index contributed by atoms with van der Waals surface area (Å²) in [6.07, 6.45) is 0. The van der Waals surface area contributed by atoms with E-state index in [9.17, 15) is 0 Å². The fourth-order valence-electron chi connectivity index (χ4n) is 1.53. The van der Waals surface area contributed by atoms with Crippen molar-refractivity contribution in [2.24, 2.45) is 0 Å². The van der Waals surface area contributed by atoms with Crippen molar-refractivity contribution in [1.82, 2.24) is 4.98 Å². The Kier molecular flexibility index (Phi) is 2.79. The van der Waals surface area contributed by atoms with Gasteiger partial charge in [0.25, 0.3) is 0 Å². The van der Waals surface area contributed by atoms with Crippen LogP contribution in [0.5, 0.6) is 0 Å². The first-order valence-corrected chi connectivity index (χ1v) is 4.94. The van der Waals surface area contributed by atoms with Crippen molar-refractivity contribution < 1.29 is 5.11 Å². The van der Waals surface area contributed by atoms with E-state index >= 15 is 0 Å². The summed E-state index contributed by atoms with van der Waals surface area (Å²) in [4.78, 5) is 4.45. The number of aliphatic hydroxyl groups is 1. The van der Waals surface area contributed by atoms with Crippen LogP contribution in [-0.4, -0.2) is 10.1 Å². The van der Waals surface area contributed by atoms with Gasteiger partial charge in [-0.25, -0.2) is 0 Å². The van der Waals surface area contributed by atoms with Crippen molar-refractivity contribution in [2.45, 2.75) is 13.5 Å². The molecule has 1 aromatic heterocycles. The second-order valence-electron chi connectivity index (χ2n) is 3.47. The molecule has 2 nitrogen and oxygen atoms in total. The van der Waals surface area contributed by atoms with Gasteiger partial charge < -0.3 is 5.11 Å². The lowest BCUT2D eigenvalue weighted by Gasteiger charge is -2.05. The standard InChI is InChI=1S/C13H13NO/c1-10-12(9-15)7-8-13(14-10)11-5-3-2-4-6-11/h2-8,15H,9H2,1H3. The molecule has 0 saturated heterocycles. The third-order valence-electron chi connectivity index (χ3n) is 2.44. The highest BCUT2D eigenvalue weighted by molar-refractivity contribution is 5.59. The minimum atomic E-state index is 0.0495. The zero-order valence-electron chi connectivity index (χ0n) is 8.64. The van der Waals surface area contributed by atoms with Crippen LogP contribution in [0.4, 0.5) is 0 Å². The van der Waals surface area contributed by atoms with Gasteiger partial charge in [-0.05, 0) is 18.6 Å². The molecule has 0 bridgehead atoms. The number of aromatic nitrogens is 1. The largest absolute Gasteiger partial charge is 0.392 e. The van der Waals surface area contributed by atoms with Gasteiger partial charge in [-0.1, -0.05) is 36.4 Å². The second-order valence-corrected chi connectivity index (χ2v) is 3.47. The molecule has 1 heterocycles. The smallest absolute Gasteiger partial charge is 0.0705 e. The number of pyridine rings is 1. The van der Waals surface area contributed by atoms with Crippen LogP contribution in [0.2, 0.25) is 0 Å². The van der Waals surface area contributed by atoms with Crippen LogP contribution in [0.25, 0.3) is 11.3 Å². The van der Waals surface area contributed by atoms with Crippen LogP contribution in [0.3, 0.4) is 0 Å². The number of hydrogen-bond acceptors (Lipinski definition) is 2. The predicted molar refractivity (Wildman–Crippen MR) is 60.3 cm³/mol. The second kappa shape index (κ2) is 4.24. The minimum absolute atomic E-state index is 0.0495. The van der Waals surface area contributed by atoms with Crippen LogP contribution in [0.1, 0.15) is 11.3 Å². The van der Waals surface area contributed by atoms with Crippen molar-refractivity contribution in [3.63, 3.8) is 0 Å². The number of rotatable bonds is 2. The molecular formula is C13H13NO. The molecule has 0 amide bonds. The molecule has 2 rings (SSSR count). The third-order valence-corrected chi connectivity index (χ3v) is 2.44. The molecule has 0 saturated carbocycles. The first kappa shape index (κ1) is 9.87. The Bertz CT molecular complexity index is 451. The van der Waals surface area contributed by atoms with Gasteiger partial charge >= 0.3 is 0 Å². The molecular weight excluding hydrogens is 186 g/mol. The van der Waals surface area contributed by atoms with Gasteiger partial charge in [-0.15, -0.1) is 0 Å².